The van der Waals surface area contributed by atoms with Crippen LogP contribution in [0.4, 0.5) is 0 Å². The molecule has 26 heavy (non-hydrogen) atoms. The zero-order valence-corrected chi connectivity index (χ0v) is 16.6. The van der Waals surface area contributed by atoms with Crippen LogP contribution in [0.3, 0.4) is 0 Å². The maximum Gasteiger partial charge on any atom is 0.243 e. The summed E-state index contributed by atoms with van der Waals surface area (Å²) in [6.45, 7) is 1.96. The summed E-state index contributed by atoms with van der Waals surface area (Å²) in [5.74, 6) is -0.192. The van der Waals surface area contributed by atoms with Gasteiger partial charge in [0, 0.05) is 32.2 Å². The highest BCUT2D eigenvalue weighted by Crippen LogP contribution is 2.27. The van der Waals surface area contributed by atoms with E-state index in [0.717, 1.165) is 32.2 Å². The summed E-state index contributed by atoms with van der Waals surface area (Å²) in [6.07, 6.45) is 4.50. The molecule has 2 N–H and O–H groups in total. The van der Waals surface area contributed by atoms with Crippen LogP contribution < -0.4 is 5.73 Å². The van der Waals surface area contributed by atoms with E-state index in [1.165, 1.54) is 4.31 Å². The van der Waals surface area contributed by atoms with Gasteiger partial charge in [0.15, 0.2) is 0 Å². The average molecular weight is 402 g/mol. The van der Waals surface area contributed by atoms with Gasteiger partial charge < -0.3 is 10.6 Å². The van der Waals surface area contributed by atoms with Crippen molar-refractivity contribution in [1.82, 2.24) is 9.21 Å². The molecule has 1 aromatic rings. The van der Waals surface area contributed by atoms with Crippen molar-refractivity contribution in [3.8, 4) is 0 Å². The third kappa shape index (κ3) is 4.39. The molecular weight excluding hydrogens is 374 g/mol. The molecule has 1 amide bonds. The number of carbonyl (C=O) groups is 1. The number of nitrogens with two attached hydrogens (primary N) is 1. The van der Waals surface area contributed by atoms with Crippen LogP contribution in [0, 0.1) is 5.92 Å². The molecule has 6 nitrogen and oxygen atoms in total. The van der Waals surface area contributed by atoms with Gasteiger partial charge in [-0.2, -0.15) is 4.31 Å². The van der Waals surface area contributed by atoms with Crippen molar-refractivity contribution in [1.29, 1.82) is 0 Å². The second-order valence-electron chi connectivity index (χ2n) is 6.93. The van der Waals surface area contributed by atoms with Gasteiger partial charge in [-0.3, -0.25) is 4.79 Å². The minimum atomic E-state index is -3.54. The lowest BCUT2D eigenvalue weighted by Gasteiger charge is -2.39. The number of benzene rings is 1. The number of amides is 1. The van der Waals surface area contributed by atoms with Gasteiger partial charge >= 0.3 is 0 Å². The first kappa shape index (κ1) is 21.2. The zero-order valence-electron chi connectivity index (χ0n) is 14.9. The highest BCUT2D eigenvalue weighted by molar-refractivity contribution is 7.89. The molecule has 2 fully saturated rings. The number of likely N-dealkylation sites (tertiary alicyclic amines) is 1. The Morgan fingerprint density at radius 3 is 2.50 bits per heavy atom. The van der Waals surface area contributed by atoms with Crippen LogP contribution in [0.1, 0.15) is 32.1 Å². The van der Waals surface area contributed by atoms with E-state index in [0.29, 0.717) is 24.4 Å². The second-order valence-corrected chi connectivity index (χ2v) is 8.87. The molecule has 0 saturated carbocycles. The topological polar surface area (TPSA) is 83.7 Å². The molecule has 2 unspecified atom stereocenters. The summed E-state index contributed by atoms with van der Waals surface area (Å²) in [5, 5.41) is 0. The van der Waals surface area contributed by atoms with Gasteiger partial charge in [0.05, 0.1) is 10.8 Å². The minimum absolute atomic E-state index is 0. The Morgan fingerprint density at radius 2 is 1.81 bits per heavy atom. The molecule has 0 bridgehead atoms. The predicted molar refractivity (Wildman–Crippen MR) is 104 cm³/mol. The van der Waals surface area contributed by atoms with Crippen LogP contribution in [-0.4, -0.2) is 55.8 Å². The van der Waals surface area contributed by atoms with Crippen molar-refractivity contribution in [3.05, 3.63) is 30.3 Å². The van der Waals surface area contributed by atoms with Crippen LogP contribution >= 0.6 is 12.4 Å². The largest absolute Gasteiger partial charge is 0.338 e. The lowest BCUT2D eigenvalue weighted by Crippen LogP contribution is -2.52. The molecule has 3 rings (SSSR count). The summed E-state index contributed by atoms with van der Waals surface area (Å²) < 4.78 is 27.1. The number of halogens is 1. The molecule has 146 valence electrons. The third-order valence-corrected chi connectivity index (χ3v) is 7.18. The van der Waals surface area contributed by atoms with Crippen LogP contribution in [-0.2, 0) is 14.8 Å². The fourth-order valence-electron chi connectivity index (χ4n) is 3.87. The van der Waals surface area contributed by atoms with Gasteiger partial charge in [-0.1, -0.05) is 18.2 Å². The monoisotopic (exact) mass is 401 g/mol. The molecule has 0 aliphatic carbocycles. The van der Waals surface area contributed by atoms with Crippen molar-refractivity contribution in [2.75, 3.05) is 26.2 Å². The molecular formula is C18H28ClN3O3S. The molecule has 2 saturated heterocycles. The quantitative estimate of drug-likeness (QED) is 0.834. The number of piperidine rings is 2. The Bertz CT molecular complexity index is 699. The molecule has 2 atom stereocenters. The van der Waals surface area contributed by atoms with E-state index in [-0.39, 0.29) is 36.8 Å². The smallest absolute Gasteiger partial charge is 0.243 e. The lowest BCUT2D eigenvalue weighted by atomic mass is 9.94. The standard InChI is InChI=1S/C18H27N3O3S.ClH/c19-13-16-8-4-5-12-21(16)18(22)15-7-6-11-20(14-15)25(23,24)17-9-2-1-3-10-17;/h1-3,9-10,15-16H,4-8,11-14,19H2;1H. The number of sulfonamides is 1. The zero-order chi connectivity index (χ0) is 17.9. The van der Waals surface area contributed by atoms with Crippen molar-refractivity contribution in [2.45, 2.75) is 43.0 Å². The predicted octanol–water partition coefficient (Wildman–Crippen LogP) is 1.85. The summed E-state index contributed by atoms with van der Waals surface area (Å²) in [5.41, 5.74) is 5.83. The molecule has 2 aliphatic rings. The fraction of sp³-hybridized carbons (Fsp3) is 0.611. The van der Waals surface area contributed by atoms with E-state index >= 15 is 0 Å². The van der Waals surface area contributed by atoms with Crippen LogP contribution in [0.25, 0.3) is 0 Å². The van der Waals surface area contributed by atoms with Gasteiger partial charge in [0.25, 0.3) is 0 Å². The maximum absolute atomic E-state index is 13.0. The van der Waals surface area contributed by atoms with E-state index in [1.807, 2.05) is 4.90 Å². The van der Waals surface area contributed by atoms with E-state index in [1.54, 1.807) is 30.3 Å². The molecule has 2 aliphatic heterocycles. The number of hydrogen-bond acceptors (Lipinski definition) is 4. The summed E-state index contributed by atoms with van der Waals surface area (Å²) >= 11 is 0. The van der Waals surface area contributed by atoms with Crippen LogP contribution in [0.2, 0.25) is 0 Å². The van der Waals surface area contributed by atoms with Crippen molar-refractivity contribution < 1.29 is 13.2 Å². The van der Waals surface area contributed by atoms with Gasteiger partial charge in [-0.25, -0.2) is 8.42 Å². The summed E-state index contributed by atoms with van der Waals surface area (Å²) in [6, 6.07) is 8.55. The van der Waals surface area contributed by atoms with E-state index < -0.39 is 10.0 Å². The van der Waals surface area contributed by atoms with E-state index in [9.17, 15) is 13.2 Å². The third-order valence-electron chi connectivity index (χ3n) is 5.30. The summed E-state index contributed by atoms with van der Waals surface area (Å²) in [4.78, 5) is 15.2. The van der Waals surface area contributed by atoms with Gasteiger partial charge in [-0.05, 0) is 44.2 Å². The first-order valence-electron chi connectivity index (χ1n) is 9.10. The van der Waals surface area contributed by atoms with Crippen molar-refractivity contribution >= 4 is 28.3 Å². The van der Waals surface area contributed by atoms with Gasteiger partial charge in [0.2, 0.25) is 15.9 Å². The van der Waals surface area contributed by atoms with E-state index in [4.69, 9.17) is 5.73 Å². The Balaban J connectivity index is 0.00000243. The molecule has 2 heterocycles. The Labute approximate surface area is 162 Å². The molecule has 1 aromatic carbocycles. The second kappa shape index (κ2) is 9.17. The molecule has 0 aromatic heterocycles. The molecule has 0 radical (unpaired) electrons. The normalized spacial score (nSPS) is 24.7. The minimum Gasteiger partial charge on any atom is -0.338 e. The SMILES string of the molecule is Cl.NCC1CCCCN1C(=O)C1CCCN(S(=O)(=O)c2ccccc2)C1. The highest BCUT2D eigenvalue weighted by atomic mass is 35.5. The first-order valence-corrected chi connectivity index (χ1v) is 10.5. The first-order chi connectivity index (χ1) is 12.0. The number of carbonyl (C=O) groups excluding carboxylic acids is 1. The average Bonchev–Trinajstić information content (AvgIpc) is 2.68. The number of nitrogens with zero attached hydrogens (tertiary/aromatic N) is 2. The highest BCUT2D eigenvalue weighted by Gasteiger charge is 2.37. The Kier molecular flexibility index (Phi) is 7.46. The van der Waals surface area contributed by atoms with Crippen LogP contribution in [0.5, 0.6) is 0 Å². The van der Waals surface area contributed by atoms with Crippen LogP contribution in [0.15, 0.2) is 35.2 Å². The number of rotatable bonds is 4. The number of hydrogen-bond donors (Lipinski definition) is 1. The maximum atomic E-state index is 13.0. The van der Waals surface area contributed by atoms with Crippen molar-refractivity contribution in [3.63, 3.8) is 0 Å². The lowest BCUT2D eigenvalue weighted by molar-refractivity contribution is -0.140. The van der Waals surface area contributed by atoms with Crippen molar-refractivity contribution in [2.24, 2.45) is 11.7 Å². The molecule has 0 spiro atoms. The Morgan fingerprint density at radius 1 is 1.08 bits per heavy atom. The molecule has 8 heteroatoms. The van der Waals surface area contributed by atoms with E-state index in [2.05, 4.69) is 0 Å². The Hall–Kier alpha value is -1.15. The van der Waals surface area contributed by atoms with Gasteiger partial charge in [-0.15, -0.1) is 12.4 Å². The fourth-order valence-corrected chi connectivity index (χ4v) is 5.42. The summed E-state index contributed by atoms with van der Waals surface area (Å²) in [7, 11) is -3.54. The van der Waals surface area contributed by atoms with Gasteiger partial charge in [0.1, 0.15) is 0 Å².